The van der Waals surface area contributed by atoms with Crippen molar-refractivity contribution >= 4 is 35.0 Å². The number of carbonyl (C=O) groups excluding carboxylic acids is 2. The van der Waals surface area contributed by atoms with Crippen LogP contribution in [0.15, 0.2) is 114 Å². The Morgan fingerprint density at radius 3 is 2.24 bits per heavy atom. The Bertz CT molecular complexity index is 1220. The van der Waals surface area contributed by atoms with Gasteiger partial charge in [0.25, 0.3) is 5.91 Å². The minimum atomic E-state index is -0.485. The molecule has 0 saturated heterocycles. The van der Waals surface area contributed by atoms with Crippen molar-refractivity contribution in [3.05, 3.63) is 115 Å². The summed E-state index contributed by atoms with van der Waals surface area (Å²) < 4.78 is 5.51. The molecule has 0 aliphatic rings. The highest BCUT2D eigenvalue weighted by Gasteiger charge is 2.22. The number of hydrogen-bond donors (Lipinski definition) is 2. The van der Waals surface area contributed by atoms with E-state index < -0.39 is 5.25 Å². The van der Waals surface area contributed by atoms with Gasteiger partial charge in [-0.3, -0.25) is 14.6 Å². The van der Waals surface area contributed by atoms with E-state index in [9.17, 15) is 9.59 Å². The van der Waals surface area contributed by atoms with Crippen LogP contribution in [0, 0.1) is 0 Å². The number of nitrogens with one attached hydrogen (secondary N) is 2. The predicted octanol–water partition coefficient (Wildman–Crippen LogP) is 5.57. The van der Waals surface area contributed by atoms with E-state index in [2.05, 4.69) is 15.6 Å². The summed E-state index contributed by atoms with van der Waals surface area (Å²) in [5, 5.41) is 5.32. The summed E-state index contributed by atoms with van der Waals surface area (Å²) in [4.78, 5) is 30.3. The lowest BCUT2D eigenvalue weighted by molar-refractivity contribution is -0.118. The highest BCUT2D eigenvalue weighted by atomic mass is 32.2. The van der Waals surface area contributed by atoms with Crippen molar-refractivity contribution in [3.63, 3.8) is 0 Å². The average molecular weight is 470 g/mol. The Hall–Kier alpha value is -4.10. The van der Waals surface area contributed by atoms with Crippen molar-refractivity contribution in [1.82, 2.24) is 4.98 Å². The van der Waals surface area contributed by atoms with Gasteiger partial charge in [-0.25, -0.2) is 0 Å². The first-order chi connectivity index (χ1) is 16.7. The Balaban J connectivity index is 1.44. The maximum Gasteiger partial charge on any atom is 0.262 e. The molecular formula is C27H23N3O3S. The van der Waals surface area contributed by atoms with Crippen LogP contribution >= 0.6 is 11.8 Å². The van der Waals surface area contributed by atoms with E-state index in [0.717, 1.165) is 10.5 Å². The van der Waals surface area contributed by atoms with Gasteiger partial charge < -0.3 is 15.4 Å². The molecule has 0 fully saturated rings. The first-order valence-corrected chi connectivity index (χ1v) is 11.6. The van der Waals surface area contributed by atoms with Crippen LogP contribution in [0.5, 0.6) is 5.75 Å². The normalized spacial score (nSPS) is 11.3. The van der Waals surface area contributed by atoms with Gasteiger partial charge in [-0.1, -0.05) is 54.6 Å². The van der Waals surface area contributed by atoms with Crippen molar-refractivity contribution in [2.75, 3.05) is 17.2 Å². The average Bonchev–Trinajstić information content (AvgIpc) is 2.88. The zero-order chi connectivity index (χ0) is 23.6. The van der Waals surface area contributed by atoms with E-state index in [4.69, 9.17) is 4.74 Å². The Kier molecular flexibility index (Phi) is 7.92. The lowest BCUT2D eigenvalue weighted by atomic mass is 10.1. The number of pyridine rings is 1. The van der Waals surface area contributed by atoms with Crippen molar-refractivity contribution in [3.8, 4) is 5.75 Å². The molecule has 2 N–H and O–H groups in total. The van der Waals surface area contributed by atoms with Crippen LogP contribution in [-0.2, 0) is 9.59 Å². The van der Waals surface area contributed by atoms with Gasteiger partial charge >= 0.3 is 0 Å². The molecule has 4 aromatic rings. The van der Waals surface area contributed by atoms with Gasteiger partial charge in [0.05, 0.1) is 0 Å². The summed E-state index contributed by atoms with van der Waals surface area (Å²) in [5.41, 5.74) is 2.19. The molecule has 1 aromatic heterocycles. The van der Waals surface area contributed by atoms with Gasteiger partial charge in [0.15, 0.2) is 6.61 Å². The number of nitrogens with zero attached hydrogens (tertiary/aromatic N) is 1. The maximum absolute atomic E-state index is 13.2. The maximum atomic E-state index is 13.2. The fraction of sp³-hybridized carbons (Fsp3) is 0.0741. The van der Waals surface area contributed by atoms with Crippen molar-refractivity contribution in [2.24, 2.45) is 0 Å². The first-order valence-electron chi connectivity index (χ1n) is 10.7. The van der Waals surface area contributed by atoms with E-state index >= 15 is 0 Å². The fourth-order valence-electron chi connectivity index (χ4n) is 3.19. The number of anilines is 2. The number of carbonyl (C=O) groups is 2. The number of rotatable bonds is 9. The molecule has 34 heavy (non-hydrogen) atoms. The number of amides is 2. The second-order valence-corrected chi connectivity index (χ2v) is 8.49. The van der Waals surface area contributed by atoms with E-state index in [1.165, 1.54) is 11.8 Å². The smallest absolute Gasteiger partial charge is 0.262 e. The summed E-state index contributed by atoms with van der Waals surface area (Å²) >= 11 is 1.41. The summed E-state index contributed by atoms with van der Waals surface area (Å²) in [6.45, 7) is -0.0949. The molecular weight excluding hydrogens is 446 g/mol. The molecule has 6 nitrogen and oxygen atoms in total. The lowest BCUT2D eigenvalue weighted by Crippen LogP contribution is -2.20. The van der Waals surface area contributed by atoms with Crippen molar-refractivity contribution in [2.45, 2.75) is 10.1 Å². The van der Waals surface area contributed by atoms with Gasteiger partial charge in [-0.15, -0.1) is 11.8 Å². The van der Waals surface area contributed by atoms with Gasteiger partial charge in [0.1, 0.15) is 11.0 Å². The van der Waals surface area contributed by atoms with E-state index in [1.54, 1.807) is 42.7 Å². The Morgan fingerprint density at radius 2 is 1.50 bits per heavy atom. The SMILES string of the molecule is O=C(COc1ccccc1)Nc1cccc(SC(C(=O)Nc2ccncc2)c2ccccc2)c1. The number of hydrogen-bond acceptors (Lipinski definition) is 5. The molecule has 2 amide bonds. The summed E-state index contributed by atoms with van der Waals surface area (Å²) in [7, 11) is 0. The number of thioether (sulfide) groups is 1. The van der Waals surface area contributed by atoms with Crippen LogP contribution in [-0.4, -0.2) is 23.4 Å². The van der Waals surface area contributed by atoms with Crippen LogP contribution in [0.25, 0.3) is 0 Å². The molecule has 1 atom stereocenters. The quantitative estimate of drug-likeness (QED) is 0.313. The summed E-state index contributed by atoms with van der Waals surface area (Å²) in [6.07, 6.45) is 3.27. The Labute approximate surface area is 202 Å². The number of benzene rings is 3. The van der Waals surface area contributed by atoms with Gasteiger partial charge in [0, 0.05) is 28.7 Å². The molecule has 1 unspecified atom stereocenters. The minimum absolute atomic E-state index is 0.0949. The molecule has 170 valence electrons. The molecule has 0 aliphatic carbocycles. The zero-order valence-electron chi connectivity index (χ0n) is 18.3. The monoisotopic (exact) mass is 469 g/mol. The zero-order valence-corrected chi connectivity index (χ0v) is 19.1. The molecule has 0 spiro atoms. The molecule has 1 heterocycles. The van der Waals surface area contributed by atoms with Crippen LogP contribution < -0.4 is 15.4 Å². The number of ether oxygens (including phenoxy) is 1. The second kappa shape index (κ2) is 11.7. The van der Waals surface area contributed by atoms with Crippen LogP contribution in [0.2, 0.25) is 0 Å². The lowest BCUT2D eigenvalue weighted by Gasteiger charge is -2.17. The molecule has 0 aliphatic heterocycles. The first kappa shape index (κ1) is 23.1. The fourth-order valence-corrected chi connectivity index (χ4v) is 4.27. The third kappa shape index (κ3) is 6.70. The molecule has 0 bridgehead atoms. The third-order valence-electron chi connectivity index (χ3n) is 4.77. The van der Waals surface area contributed by atoms with Crippen molar-refractivity contribution < 1.29 is 14.3 Å². The molecule has 0 radical (unpaired) electrons. The molecule has 3 aromatic carbocycles. The largest absolute Gasteiger partial charge is 0.484 e. The molecule has 0 saturated carbocycles. The highest BCUT2D eigenvalue weighted by Crippen LogP contribution is 2.37. The minimum Gasteiger partial charge on any atom is -0.484 e. The summed E-state index contributed by atoms with van der Waals surface area (Å²) in [6, 6.07) is 29.7. The van der Waals surface area contributed by atoms with Gasteiger partial charge in [0.2, 0.25) is 5.91 Å². The van der Waals surface area contributed by atoms with Crippen LogP contribution in [0.1, 0.15) is 10.8 Å². The molecule has 4 rings (SSSR count). The van der Waals surface area contributed by atoms with E-state index in [1.807, 2.05) is 66.7 Å². The van der Waals surface area contributed by atoms with E-state index in [0.29, 0.717) is 17.1 Å². The Morgan fingerprint density at radius 1 is 0.794 bits per heavy atom. The highest BCUT2D eigenvalue weighted by molar-refractivity contribution is 8.00. The van der Waals surface area contributed by atoms with E-state index in [-0.39, 0.29) is 18.4 Å². The number of para-hydroxylation sites is 1. The van der Waals surface area contributed by atoms with Gasteiger partial charge in [-0.05, 0) is 48.0 Å². The van der Waals surface area contributed by atoms with Crippen LogP contribution in [0.3, 0.4) is 0 Å². The van der Waals surface area contributed by atoms with Gasteiger partial charge in [-0.2, -0.15) is 0 Å². The number of aromatic nitrogens is 1. The summed E-state index contributed by atoms with van der Waals surface area (Å²) in [5.74, 6) is 0.224. The predicted molar refractivity (Wildman–Crippen MR) is 135 cm³/mol. The van der Waals surface area contributed by atoms with Crippen molar-refractivity contribution in [1.29, 1.82) is 0 Å². The third-order valence-corrected chi connectivity index (χ3v) is 6.02. The second-order valence-electron chi connectivity index (χ2n) is 7.31. The molecule has 7 heteroatoms. The van der Waals surface area contributed by atoms with Crippen LogP contribution in [0.4, 0.5) is 11.4 Å². The topological polar surface area (TPSA) is 80.3 Å². The standard InChI is InChI=1S/C27H23N3O3S/c31-25(19-33-23-11-5-2-6-12-23)29-22-10-7-13-24(18-22)34-26(20-8-3-1-4-9-20)27(32)30-21-14-16-28-17-15-21/h1-18,26H,19H2,(H,29,31)(H,28,30,32).